The summed E-state index contributed by atoms with van der Waals surface area (Å²) < 4.78 is 5.50. The van der Waals surface area contributed by atoms with Crippen molar-refractivity contribution in [3.63, 3.8) is 0 Å². The van der Waals surface area contributed by atoms with Crippen molar-refractivity contribution in [2.75, 3.05) is 13.2 Å². The van der Waals surface area contributed by atoms with Gasteiger partial charge < -0.3 is 20.3 Å². The fraction of sp³-hybridized carbons (Fsp3) is 0.882. The van der Waals surface area contributed by atoms with Crippen LogP contribution in [0.3, 0.4) is 0 Å². The normalized spacial score (nSPS) is 12.8. The molecule has 0 radical (unpaired) electrons. The van der Waals surface area contributed by atoms with Crippen LogP contribution in [0.25, 0.3) is 0 Å². The van der Waals surface area contributed by atoms with Gasteiger partial charge in [-0.15, -0.1) is 0 Å². The molecule has 0 aromatic carbocycles. The number of carbonyl (C=O) groups is 2. The summed E-state index contributed by atoms with van der Waals surface area (Å²) in [6.45, 7) is 4.91. The van der Waals surface area contributed by atoms with Gasteiger partial charge in [0.15, 0.2) is 0 Å². The second-order valence-corrected chi connectivity index (χ2v) is 22.8. The van der Waals surface area contributed by atoms with Crippen molar-refractivity contribution >= 4 is 11.9 Å². The molecule has 6 nitrogen and oxygen atoms in total. The van der Waals surface area contributed by atoms with E-state index >= 15 is 0 Å². The van der Waals surface area contributed by atoms with Crippen molar-refractivity contribution in [3.8, 4) is 0 Å². The third-order valence-electron chi connectivity index (χ3n) is 15.4. The lowest BCUT2D eigenvalue weighted by molar-refractivity contribution is -0.143. The SMILES string of the molecule is CCCCCCCC/C=C\CCCCCCCCCC(=O)OCCCCCCCCCCCCCC/C=C\CCCCCCCCCCCCC(=O)NC(CO)C(O)/C=C/CCCCCCCCCCCCCC. The fourth-order valence-electron chi connectivity index (χ4n) is 10.3. The summed E-state index contributed by atoms with van der Waals surface area (Å²) in [4.78, 5) is 24.6. The van der Waals surface area contributed by atoms with Gasteiger partial charge >= 0.3 is 5.97 Å². The Bertz CT molecular complexity index is 1200. The number of rotatable bonds is 62. The zero-order valence-electron chi connectivity index (χ0n) is 49.8. The van der Waals surface area contributed by atoms with Crippen LogP contribution in [0.5, 0.6) is 0 Å². The second kappa shape index (κ2) is 63.6. The Hall–Kier alpha value is -1.92. The molecular weight excluding hydrogens is 911 g/mol. The highest BCUT2D eigenvalue weighted by atomic mass is 16.5. The van der Waals surface area contributed by atoms with Gasteiger partial charge in [0, 0.05) is 12.8 Å². The van der Waals surface area contributed by atoms with Crippen LogP contribution in [0.1, 0.15) is 361 Å². The largest absolute Gasteiger partial charge is 0.466 e. The number of aliphatic hydroxyl groups is 2. The number of ether oxygens (including phenoxy) is 1. The number of unbranched alkanes of at least 4 members (excludes halogenated alkanes) is 47. The first-order valence-corrected chi connectivity index (χ1v) is 33.3. The highest BCUT2D eigenvalue weighted by molar-refractivity contribution is 5.76. The number of hydrogen-bond acceptors (Lipinski definition) is 5. The molecule has 2 atom stereocenters. The van der Waals surface area contributed by atoms with Gasteiger partial charge in [0.1, 0.15) is 0 Å². The molecule has 0 saturated carbocycles. The molecule has 0 rings (SSSR count). The maximum atomic E-state index is 12.5. The number of aliphatic hydroxyl groups excluding tert-OH is 2. The highest BCUT2D eigenvalue weighted by Gasteiger charge is 2.18. The molecule has 0 aliphatic carbocycles. The van der Waals surface area contributed by atoms with E-state index in [0.717, 1.165) is 44.9 Å². The van der Waals surface area contributed by atoms with E-state index in [1.165, 1.54) is 289 Å². The van der Waals surface area contributed by atoms with Crippen LogP contribution in [0.4, 0.5) is 0 Å². The minimum absolute atomic E-state index is 0.0108. The van der Waals surface area contributed by atoms with E-state index in [4.69, 9.17) is 4.74 Å². The molecule has 0 heterocycles. The Morgan fingerprint density at radius 3 is 0.959 bits per heavy atom. The van der Waals surface area contributed by atoms with E-state index in [2.05, 4.69) is 43.5 Å². The van der Waals surface area contributed by atoms with Crippen molar-refractivity contribution in [2.24, 2.45) is 0 Å². The summed E-state index contributed by atoms with van der Waals surface area (Å²) >= 11 is 0. The van der Waals surface area contributed by atoms with E-state index in [1.807, 2.05) is 6.08 Å². The second-order valence-electron chi connectivity index (χ2n) is 22.8. The molecular formula is C68H129NO5. The first-order chi connectivity index (χ1) is 36.5. The summed E-state index contributed by atoms with van der Waals surface area (Å²) in [5, 5.41) is 23.1. The lowest BCUT2D eigenvalue weighted by Gasteiger charge is -2.20. The van der Waals surface area contributed by atoms with Crippen LogP contribution in [0.15, 0.2) is 36.5 Å². The molecule has 1 amide bonds. The summed E-state index contributed by atoms with van der Waals surface area (Å²) in [5.41, 5.74) is 0. The summed E-state index contributed by atoms with van der Waals surface area (Å²) in [5.74, 6) is -0.0580. The smallest absolute Gasteiger partial charge is 0.305 e. The van der Waals surface area contributed by atoms with Crippen molar-refractivity contribution in [1.82, 2.24) is 5.32 Å². The van der Waals surface area contributed by atoms with Crippen LogP contribution >= 0.6 is 0 Å². The molecule has 436 valence electrons. The minimum Gasteiger partial charge on any atom is -0.466 e. The zero-order chi connectivity index (χ0) is 53.6. The molecule has 0 bridgehead atoms. The van der Waals surface area contributed by atoms with Crippen molar-refractivity contribution in [2.45, 2.75) is 373 Å². The molecule has 3 N–H and O–H groups in total. The Labute approximate surface area is 462 Å². The molecule has 2 unspecified atom stereocenters. The summed E-state index contributed by atoms with van der Waals surface area (Å²) in [6, 6.07) is -0.629. The number of nitrogens with one attached hydrogen (secondary N) is 1. The predicted molar refractivity (Wildman–Crippen MR) is 324 cm³/mol. The molecule has 74 heavy (non-hydrogen) atoms. The van der Waals surface area contributed by atoms with Crippen LogP contribution in [0.2, 0.25) is 0 Å². The Balaban J connectivity index is 3.39. The lowest BCUT2D eigenvalue weighted by atomic mass is 10.0. The summed E-state index contributed by atoms with van der Waals surface area (Å²) in [6.07, 6.45) is 80.6. The van der Waals surface area contributed by atoms with Crippen molar-refractivity contribution in [3.05, 3.63) is 36.5 Å². The van der Waals surface area contributed by atoms with E-state index in [9.17, 15) is 19.8 Å². The van der Waals surface area contributed by atoms with Crippen LogP contribution in [0, 0.1) is 0 Å². The number of carbonyl (C=O) groups excluding carboxylic acids is 2. The average molecular weight is 1040 g/mol. The van der Waals surface area contributed by atoms with Gasteiger partial charge in [0.05, 0.1) is 25.4 Å². The van der Waals surface area contributed by atoms with E-state index in [0.29, 0.717) is 19.4 Å². The third kappa shape index (κ3) is 59.3. The molecule has 0 aliphatic rings. The van der Waals surface area contributed by atoms with Gasteiger partial charge in [-0.1, -0.05) is 301 Å². The average Bonchev–Trinajstić information content (AvgIpc) is 3.40. The highest BCUT2D eigenvalue weighted by Crippen LogP contribution is 2.17. The topological polar surface area (TPSA) is 95.9 Å². The van der Waals surface area contributed by atoms with Gasteiger partial charge in [0.2, 0.25) is 5.91 Å². The van der Waals surface area contributed by atoms with E-state index in [-0.39, 0.29) is 18.5 Å². The van der Waals surface area contributed by atoms with Gasteiger partial charge in [-0.25, -0.2) is 0 Å². The lowest BCUT2D eigenvalue weighted by Crippen LogP contribution is -2.45. The maximum Gasteiger partial charge on any atom is 0.305 e. The standard InChI is InChI=1S/C68H129NO5/c1-3-5-7-9-11-13-15-17-19-30-34-38-42-46-50-54-58-62-68(73)74-63-59-55-51-47-43-39-35-32-29-27-25-23-21-20-22-24-26-28-31-33-37-41-45-49-53-57-61-67(72)69-65(64-70)66(71)60-56-52-48-44-40-36-18-16-14-12-10-8-6-4-2/h17,19-20,22,56,60,65-66,70-71H,3-16,18,21,23-55,57-59,61-64H2,1-2H3,(H,69,72)/b19-17-,22-20-,60-56+. The van der Waals surface area contributed by atoms with Crippen LogP contribution < -0.4 is 5.32 Å². The first-order valence-electron chi connectivity index (χ1n) is 33.3. The van der Waals surface area contributed by atoms with Crippen molar-refractivity contribution in [1.29, 1.82) is 0 Å². The molecule has 0 aromatic heterocycles. The molecule has 0 saturated heterocycles. The van der Waals surface area contributed by atoms with Gasteiger partial charge in [-0.05, 0) is 83.5 Å². The van der Waals surface area contributed by atoms with Gasteiger partial charge in [0.25, 0.3) is 0 Å². The third-order valence-corrected chi connectivity index (χ3v) is 15.4. The Kier molecular flexibility index (Phi) is 62.0. The maximum absolute atomic E-state index is 12.5. The number of allylic oxidation sites excluding steroid dienone is 5. The summed E-state index contributed by atoms with van der Waals surface area (Å²) in [7, 11) is 0. The molecule has 6 heteroatoms. The number of hydrogen-bond donors (Lipinski definition) is 3. The first kappa shape index (κ1) is 72.1. The monoisotopic (exact) mass is 1040 g/mol. The number of esters is 1. The van der Waals surface area contributed by atoms with E-state index < -0.39 is 12.1 Å². The van der Waals surface area contributed by atoms with Crippen LogP contribution in [-0.2, 0) is 14.3 Å². The van der Waals surface area contributed by atoms with Gasteiger partial charge in [-0.3, -0.25) is 9.59 Å². The van der Waals surface area contributed by atoms with E-state index in [1.54, 1.807) is 6.08 Å². The molecule has 0 fully saturated rings. The molecule has 0 aromatic rings. The minimum atomic E-state index is -0.845. The number of amides is 1. The Morgan fingerprint density at radius 2 is 0.635 bits per heavy atom. The molecule has 0 aliphatic heterocycles. The molecule has 0 spiro atoms. The van der Waals surface area contributed by atoms with Crippen LogP contribution in [-0.4, -0.2) is 47.4 Å². The quantitative estimate of drug-likeness (QED) is 0.0320. The Morgan fingerprint density at radius 1 is 0.365 bits per heavy atom. The zero-order valence-corrected chi connectivity index (χ0v) is 49.8. The fourth-order valence-corrected chi connectivity index (χ4v) is 10.3. The van der Waals surface area contributed by atoms with Crippen molar-refractivity contribution < 1.29 is 24.5 Å². The predicted octanol–water partition coefficient (Wildman–Crippen LogP) is 21.1. The van der Waals surface area contributed by atoms with Gasteiger partial charge in [-0.2, -0.15) is 0 Å².